The van der Waals surface area contributed by atoms with E-state index >= 15 is 0 Å². The van der Waals surface area contributed by atoms with Crippen LogP contribution in [0.5, 0.6) is 0 Å². The number of hydrogen-bond donors (Lipinski definition) is 0. The average molecular weight is 525 g/mol. The first-order valence-electron chi connectivity index (χ1n) is 14.0. The maximum Gasteiger partial charge on any atom is 0.0737 e. The van der Waals surface area contributed by atoms with Crippen molar-refractivity contribution in [3.63, 3.8) is 0 Å². The molecule has 2 aromatic heterocycles. The van der Waals surface area contributed by atoms with Gasteiger partial charge in [-0.15, -0.1) is 0 Å². The fourth-order valence-corrected chi connectivity index (χ4v) is 5.49. The van der Waals surface area contributed by atoms with Crippen molar-refractivity contribution in [2.75, 3.05) is 0 Å². The van der Waals surface area contributed by atoms with Gasteiger partial charge in [0.15, 0.2) is 0 Å². The minimum absolute atomic E-state index is 0.729. The number of para-hydroxylation sites is 1. The van der Waals surface area contributed by atoms with Crippen molar-refractivity contribution in [2.24, 2.45) is 0 Å². The van der Waals surface area contributed by atoms with Crippen molar-refractivity contribution >= 4 is 10.9 Å². The lowest BCUT2D eigenvalue weighted by Gasteiger charge is -2.13. The molecule has 0 aliphatic heterocycles. The average Bonchev–Trinajstić information content (AvgIpc) is 3.06. The predicted molar refractivity (Wildman–Crippen MR) is 171 cm³/mol. The van der Waals surface area contributed by atoms with Gasteiger partial charge in [-0.05, 0) is 81.4 Å². The van der Waals surface area contributed by atoms with E-state index in [-0.39, 0.29) is 0 Å². The van der Waals surface area contributed by atoms with Gasteiger partial charge in [-0.1, -0.05) is 109 Å². The summed E-state index contributed by atoms with van der Waals surface area (Å²) >= 11 is 0. The fraction of sp³-hybridized carbons (Fsp3) is 0.0256. The third kappa shape index (κ3) is 5.28. The Morgan fingerprint density at radius 1 is 0.415 bits per heavy atom. The Hall–Kier alpha value is -5.34. The summed E-state index contributed by atoms with van der Waals surface area (Å²) in [7, 11) is 0. The summed E-state index contributed by atoms with van der Waals surface area (Å²) in [5.41, 5.74) is 12.5. The van der Waals surface area contributed by atoms with Crippen LogP contribution in [0.3, 0.4) is 0 Å². The Balaban J connectivity index is 1.31. The molecule has 0 radical (unpaired) electrons. The van der Waals surface area contributed by atoms with Crippen molar-refractivity contribution < 1.29 is 0 Å². The van der Waals surface area contributed by atoms with Crippen LogP contribution in [-0.2, 0) is 6.42 Å². The van der Waals surface area contributed by atoms with Crippen LogP contribution in [0.25, 0.3) is 55.5 Å². The summed E-state index contributed by atoms with van der Waals surface area (Å²) in [6.07, 6.45) is 2.59. The van der Waals surface area contributed by atoms with E-state index < -0.39 is 0 Å². The van der Waals surface area contributed by atoms with Gasteiger partial charge in [-0.25, -0.2) is 0 Å². The van der Waals surface area contributed by atoms with Crippen molar-refractivity contribution in [3.05, 3.63) is 169 Å². The summed E-state index contributed by atoms with van der Waals surface area (Å²) in [5.74, 6) is 0. The standard InChI is InChI=1S/C39H28N2/c1-3-11-28(12-4-1)31-16-8-17-32(23-31)35-24-34(29-13-5-2-6-14-29)25-36(26-35)38-21-9-20-37(41-38)27-33-18-7-15-30-19-10-22-40-39(30)33/h1-26H,27H2. The van der Waals surface area contributed by atoms with Crippen LogP contribution in [0, 0.1) is 0 Å². The van der Waals surface area contributed by atoms with E-state index in [1.807, 2.05) is 12.3 Å². The van der Waals surface area contributed by atoms with Crippen LogP contribution in [0.2, 0.25) is 0 Å². The molecule has 0 saturated carbocycles. The van der Waals surface area contributed by atoms with Gasteiger partial charge in [0.1, 0.15) is 0 Å². The first kappa shape index (κ1) is 24.7. The summed E-state index contributed by atoms with van der Waals surface area (Å²) < 4.78 is 0. The van der Waals surface area contributed by atoms with Gasteiger partial charge in [0, 0.05) is 29.3 Å². The molecule has 2 heterocycles. The van der Waals surface area contributed by atoms with Gasteiger partial charge < -0.3 is 0 Å². The van der Waals surface area contributed by atoms with Crippen molar-refractivity contribution in [2.45, 2.75) is 6.42 Å². The lowest BCUT2D eigenvalue weighted by molar-refractivity contribution is 1.08. The molecule has 0 unspecified atom stereocenters. The maximum atomic E-state index is 5.15. The summed E-state index contributed by atoms with van der Waals surface area (Å²) in [6.45, 7) is 0. The monoisotopic (exact) mass is 524 g/mol. The molecule has 0 aliphatic rings. The molecule has 0 N–H and O–H groups in total. The van der Waals surface area contributed by atoms with E-state index in [1.165, 1.54) is 38.9 Å². The summed E-state index contributed by atoms with van der Waals surface area (Å²) in [6, 6.07) is 53.5. The molecular weight excluding hydrogens is 496 g/mol. The highest BCUT2D eigenvalue weighted by atomic mass is 14.7. The molecule has 41 heavy (non-hydrogen) atoms. The SMILES string of the molecule is c1ccc(-c2cccc(-c3cc(-c4ccccc4)cc(-c4cccc(Cc5cccc6cccnc56)n4)c3)c2)cc1. The molecule has 0 aliphatic carbocycles. The van der Waals surface area contributed by atoms with Crippen LogP contribution >= 0.6 is 0 Å². The maximum absolute atomic E-state index is 5.15. The Kier molecular flexibility index (Phi) is 6.64. The second kappa shape index (κ2) is 11.0. The second-order valence-corrected chi connectivity index (χ2v) is 10.3. The molecule has 2 heteroatoms. The van der Waals surface area contributed by atoms with E-state index in [0.717, 1.165) is 34.3 Å². The number of fused-ring (bicyclic) bond motifs is 1. The fourth-order valence-electron chi connectivity index (χ4n) is 5.49. The number of hydrogen-bond acceptors (Lipinski definition) is 2. The Labute approximate surface area is 240 Å². The number of rotatable bonds is 6. The van der Waals surface area contributed by atoms with E-state index in [2.05, 4.69) is 151 Å². The van der Waals surface area contributed by atoms with Crippen molar-refractivity contribution in [3.8, 4) is 44.6 Å². The van der Waals surface area contributed by atoms with Gasteiger partial charge in [0.25, 0.3) is 0 Å². The molecular formula is C39H28N2. The van der Waals surface area contributed by atoms with E-state index in [0.29, 0.717) is 0 Å². The number of nitrogens with zero attached hydrogens (tertiary/aromatic N) is 2. The van der Waals surface area contributed by atoms with E-state index in [4.69, 9.17) is 4.98 Å². The number of pyridine rings is 2. The number of benzene rings is 5. The molecule has 0 spiro atoms. The molecule has 2 nitrogen and oxygen atoms in total. The smallest absolute Gasteiger partial charge is 0.0737 e. The molecule has 0 amide bonds. The first-order chi connectivity index (χ1) is 20.3. The molecule has 0 atom stereocenters. The van der Waals surface area contributed by atoms with Crippen LogP contribution in [0.4, 0.5) is 0 Å². The van der Waals surface area contributed by atoms with E-state index in [1.54, 1.807) is 0 Å². The Morgan fingerprint density at radius 2 is 0.976 bits per heavy atom. The molecule has 7 rings (SSSR count). The Bertz CT molecular complexity index is 1950. The van der Waals surface area contributed by atoms with Crippen LogP contribution < -0.4 is 0 Å². The zero-order valence-corrected chi connectivity index (χ0v) is 22.6. The third-order valence-corrected chi connectivity index (χ3v) is 7.53. The highest BCUT2D eigenvalue weighted by Crippen LogP contribution is 2.34. The van der Waals surface area contributed by atoms with Gasteiger partial charge in [-0.3, -0.25) is 9.97 Å². The van der Waals surface area contributed by atoms with Gasteiger partial charge in [0.05, 0.1) is 11.2 Å². The topological polar surface area (TPSA) is 25.8 Å². The first-order valence-corrected chi connectivity index (χ1v) is 14.0. The highest BCUT2D eigenvalue weighted by Gasteiger charge is 2.11. The molecule has 0 fully saturated rings. The summed E-state index contributed by atoms with van der Waals surface area (Å²) in [4.78, 5) is 9.80. The van der Waals surface area contributed by atoms with Crippen LogP contribution in [0.1, 0.15) is 11.3 Å². The molecule has 7 aromatic rings. The van der Waals surface area contributed by atoms with Crippen LogP contribution in [-0.4, -0.2) is 9.97 Å². The van der Waals surface area contributed by atoms with Crippen molar-refractivity contribution in [1.29, 1.82) is 0 Å². The van der Waals surface area contributed by atoms with Crippen molar-refractivity contribution in [1.82, 2.24) is 9.97 Å². The summed E-state index contributed by atoms with van der Waals surface area (Å²) in [5, 5.41) is 1.15. The largest absolute Gasteiger partial charge is 0.256 e. The van der Waals surface area contributed by atoms with E-state index in [9.17, 15) is 0 Å². The normalized spacial score (nSPS) is 11.0. The lowest BCUT2D eigenvalue weighted by atomic mass is 9.93. The number of aromatic nitrogens is 2. The Morgan fingerprint density at radius 3 is 1.76 bits per heavy atom. The molecule has 0 bridgehead atoms. The lowest BCUT2D eigenvalue weighted by Crippen LogP contribution is -1.96. The van der Waals surface area contributed by atoms with Gasteiger partial charge in [0.2, 0.25) is 0 Å². The molecule has 194 valence electrons. The highest BCUT2D eigenvalue weighted by molar-refractivity contribution is 5.83. The van der Waals surface area contributed by atoms with Crippen LogP contribution in [0.15, 0.2) is 158 Å². The van der Waals surface area contributed by atoms with Gasteiger partial charge in [-0.2, -0.15) is 0 Å². The minimum Gasteiger partial charge on any atom is -0.256 e. The third-order valence-electron chi connectivity index (χ3n) is 7.53. The molecule has 0 saturated heterocycles. The zero-order chi connectivity index (χ0) is 27.4. The quantitative estimate of drug-likeness (QED) is 0.216. The minimum atomic E-state index is 0.729. The predicted octanol–water partition coefficient (Wildman–Crippen LogP) is 9.89. The molecule has 5 aromatic carbocycles. The van der Waals surface area contributed by atoms with Gasteiger partial charge >= 0.3 is 0 Å². The zero-order valence-electron chi connectivity index (χ0n) is 22.6. The second-order valence-electron chi connectivity index (χ2n) is 10.3.